The zero-order valence-corrected chi connectivity index (χ0v) is 10.7. The molecule has 1 rings (SSSR count). The third kappa shape index (κ3) is 6.60. The number of thiazole rings is 1. The average Bonchev–Trinajstić information content (AvgIpc) is 2.61. The van der Waals surface area contributed by atoms with Crippen LogP contribution in [0.2, 0.25) is 0 Å². The molecule has 0 aliphatic carbocycles. The molecule has 4 heteroatoms. The summed E-state index contributed by atoms with van der Waals surface area (Å²) in [5.74, 6) is 0. The van der Waals surface area contributed by atoms with E-state index >= 15 is 0 Å². The van der Waals surface area contributed by atoms with Gasteiger partial charge in [-0.3, -0.25) is 0 Å². The molecule has 0 saturated heterocycles. The number of hydrogen-bond donors (Lipinski definition) is 2. The summed E-state index contributed by atoms with van der Waals surface area (Å²) < 4.78 is 0. The second-order valence-electron chi connectivity index (χ2n) is 4.60. The Morgan fingerprint density at radius 2 is 2.07 bits per heavy atom. The van der Waals surface area contributed by atoms with Crippen LogP contribution in [0.3, 0.4) is 0 Å². The highest BCUT2D eigenvalue weighted by molar-refractivity contribution is 7.09. The number of nitrogens with zero attached hydrogens (tertiary/aromatic N) is 1. The van der Waals surface area contributed by atoms with Crippen LogP contribution in [0.25, 0.3) is 0 Å². The molecule has 0 unspecified atom stereocenters. The Bertz CT molecular complexity index is 251. The minimum absolute atomic E-state index is 0.219. The lowest BCUT2D eigenvalue weighted by atomic mass is 10.1. The van der Waals surface area contributed by atoms with Crippen molar-refractivity contribution in [3.63, 3.8) is 0 Å². The summed E-state index contributed by atoms with van der Waals surface area (Å²) in [4.78, 5) is 4.24. The van der Waals surface area contributed by atoms with E-state index in [1.807, 2.05) is 11.6 Å². The maximum Gasteiger partial charge on any atom is 0.0937 e. The van der Waals surface area contributed by atoms with Crippen LogP contribution in [0.1, 0.15) is 25.8 Å². The van der Waals surface area contributed by atoms with E-state index in [-0.39, 0.29) is 5.54 Å². The van der Waals surface area contributed by atoms with Gasteiger partial charge in [-0.05, 0) is 20.8 Å². The number of nitrogens with one attached hydrogen (secondary N) is 2. The molecule has 0 aliphatic heterocycles. The SMILES string of the molecule is CC(C)(C)NCCNCCc1nccs1. The fraction of sp³-hybridized carbons (Fsp3) is 0.727. The summed E-state index contributed by atoms with van der Waals surface area (Å²) in [5.41, 5.74) is 0.219. The van der Waals surface area contributed by atoms with Gasteiger partial charge in [0.2, 0.25) is 0 Å². The first kappa shape index (κ1) is 12.6. The predicted molar refractivity (Wildman–Crippen MR) is 66.4 cm³/mol. The molecule has 15 heavy (non-hydrogen) atoms. The van der Waals surface area contributed by atoms with Crippen LogP contribution in [-0.2, 0) is 6.42 Å². The molecule has 0 radical (unpaired) electrons. The summed E-state index contributed by atoms with van der Waals surface area (Å²) in [6.07, 6.45) is 2.90. The fourth-order valence-electron chi connectivity index (χ4n) is 1.22. The van der Waals surface area contributed by atoms with Crippen molar-refractivity contribution >= 4 is 11.3 Å². The van der Waals surface area contributed by atoms with Crippen molar-refractivity contribution in [2.24, 2.45) is 0 Å². The molecule has 3 nitrogen and oxygen atoms in total. The van der Waals surface area contributed by atoms with Crippen LogP contribution >= 0.6 is 11.3 Å². The quantitative estimate of drug-likeness (QED) is 0.726. The van der Waals surface area contributed by atoms with E-state index in [9.17, 15) is 0 Å². The van der Waals surface area contributed by atoms with Gasteiger partial charge in [-0.15, -0.1) is 11.3 Å². The first-order valence-electron chi connectivity index (χ1n) is 5.42. The Balaban J connectivity index is 1.94. The monoisotopic (exact) mass is 227 g/mol. The maximum atomic E-state index is 4.24. The van der Waals surface area contributed by atoms with Crippen LogP contribution in [0.4, 0.5) is 0 Å². The van der Waals surface area contributed by atoms with Crippen molar-refractivity contribution in [3.05, 3.63) is 16.6 Å². The van der Waals surface area contributed by atoms with Crippen molar-refractivity contribution in [1.82, 2.24) is 15.6 Å². The van der Waals surface area contributed by atoms with Gasteiger partial charge in [0.1, 0.15) is 0 Å². The van der Waals surface area contributed by atoms with Gasteiger partial charge in [-0.2, -0.15) is 0 Å². The van der Waals surface area contributed by atoms with Gasteiger partial charge in [0, 0.05) is 43.2 Å². The summed E-state index contributed by atoms with van der Waals surface area (Å²) in [6.45, 7) is 9.59. The molecule has 0 spiro atoms. The first-order valence-corrected chi connectivity index (χ1v) is 6.30. The van der Waals surface area contributed by atoms with Gasteiger partial charge in [-0.1, -0.05) is 0 Å². The molecule has 86 valence electrons. The minimum atomic E-state index is 0.219. The third-order valence-electron chi connectivity index (χ3n) is 1.96. The summed E-state index contributed by atoms with van der Waals surface area (Å²) in [6, 6.07) is 0. The molecule has 1 aromatic heterocycles. The van der Waals surface area contributed by atoms with Crippen molar-refractivity contribution in [3.8, 4) is 0 Å². The van der Waals surface area contributed by atoms with Gasteiger partial charge in [0.25, 0.3) is 0 Å². The molecular weight excluding hydrogens is 206 g/mol. The van der Waals surface area contributed by atoms with Crippen molar-refractivity contribution in [2.45, 2.75) is 32.7 Å². The second kappa shape index (κ2) is 6.20. The molecule has 1 aromatic rings. The van der Waals surface area contributed by atoms with E-state index in [4.69, 9.17) is 0 Å². The summed E-state index contributed by atoms with van der Waals surface area (Å²) in [5, 5.41) is 10.1. The summed E-state index contributed by atoms with van der Waals surface area (Å²) in [7, 11) is 0. The van der Waals surface area contributed by atoms with E-state index in [1.54, 1.807) is 11.3 Å². The Labute approximate surface area is 96.3 Å². The van der Waals surface area contributed by atoms with Crippen LogP contribution in [-0.4, -0.2) is 30.2 Å². The Kier molecular flexibility index (Phi) is 5.22. The van der Waals surface area contributed by atoms with E-state index in [2.05, 4.69) is 36.4 Å². The first-order chi connectivity index (χ1) is 7.08. The molecule has 2 N–H and O–H groups in total. The highest BCUT2D eigenvalue weighted by atomic mass is 32.1. The van der Waals surface area contributed by atoms with Gasteiger partial charge >= 0.3 is 0 Å². The molecular formula is C11H21N3S. The topological polar surface area (TPSA) is 37.0 Å². The molecule has 0 bridgehead atoms. The number of aromatic nitrogens is 1. The van der Waals surface area contributed by atoms with Crippen molar-refractivity contribution in [1.29, 1.82) is 0 Å². The second-order valence-corrected chi connectivity index (χ2v) is 5.58. The molecule has 0 fully saturated rings. The molecule has 0 aromatic carbocycles. The van der Waals surface area contributed by atoms with Crippen LogP contribution in [0.5, 0.6) is 0 Å². The lowest BCUT2D eigenvalue weighted by Crippen LogP contribution is -2.40. The maximum absolute atomic E-state index is 4.24. The molecule has 1 heterocycles. The van der Waals surface area contributed by atoms with Crippen LogP contribution in [0, 0.1) is 0 Å². The number of hydrogen-bond acceptors (Lipinski definition) is 4. The molecule has 0 atom stereocenters. The van der Waals surface area contributed by atoms with E-state index in [0.717, 1.165) is 26.1 Å². The smallest absolute Gasteiger partial charge is 0.0937 e. The van der Waals surface area contributed by atoms with Gasteiger partial charge < -0.3 is 10.6 Å². The highest BCUT2D eigenvalue weighted by Gasteiger charge is 2.06. The fourth-order valence-corrected chi connectivity index (χ4v) is 1.84. The normalized spacial score (nSPS) is 11.9. The Morgan fingerprint density at radius 1 is 1.27 bits per heavy atom. The van der Waals surface area contributed by atoms with E-state index < -0.39 is 0 Å². The molecule has 0 saturated carbocycles. The Hall–Kier alpha value is -0.450. The predicted octanol–water partition coefficient (Wildman–Crippen LogP) is 1.66. The lowest BCUT2D eigenvalue weighted by Gasteiger charge is -2.20. The van der Waals surface area contributed by atoms with Gasteiger partial charge in [0.05, 0.1) is 5.01 Å². The van der Waals surface area contributed by atoms with Crippen LogP contribution < -0.4 is 10.6 Å². The van der Waals surface area contributed by atoms with E-state index in [1.165, 1.54) is 5.01 Å². The lowest BCUT2D eigenvalue weighted by molar-refractivity contribution is 0.422. The summed E-state index contributed by atoms with van der Waals surface area (Å²) >= 11 is 1.72. The standard InChI is InChI=1S/C11H21N3S/c1-11(2,3)14-7-6-12-5-4-10-13-8-9-15-10/h8-9,12,14H,4-7H2,1-3H3. The van der Waals surface area contributed by atoms with Crippen molar-refractivity contribution < 1.29 is 0 Å². The molecule has 0 aliphatic rings. The Morgan fingerprint density at radius 3 is 2.67 bits per heavy atom. The zero-order chi connectivity index (χ0) is 11.1. The molecule has 0 amide bonds. The van der Waals surface area contributed by atoms with Gasteiger partial charge in [0.15, 0.2) is 0 Å². The average molecular weight is 227 g/mol. The van der Waals surface area contributed by atoms with Gasteiger partial charge in [-0.25, -0.2) is 4.98 Å². The van der Waals surface area contributed by atoms with Crippen molar-refractivity contribution in [2.75, 3.05) is 19.6 Å². The highest BCUT2D eigenvalue weighted by Crippen LogP contribution is 2.03. The zero-order valence-electron chi connectivity index (χ0n) is 9.84. The van der Waals surface area contributed by atoms with Crippen LogP contribution in [0.15, 0.2) is 11.6 Å². The van der Waals surface area contributed by atoms with E-state index in [0.29, 0.717) is 0 Å². The minimum Gasteiger partial charge on any atom is -0.315 e. The number of rotatable bonds is 6. The third-order valence-corrected chi connectivity index (χ3v) is 2.80. The largest absolute Gasteiger partial charge is 0.315 e.